The van der Waals surface area contributed by atoms with Crippen LogP contribution in [0.15, 0.2) is 36.5 Å². The molecule has 96 valence electrons. The molecule has 0 aliphatic rings. The lowest BCUT2D eigenvalue weighted by molar-refractivity contribution is 0.171. The van der Waals surface area contributed by atoms with Crippen molar-refractivity contribution in [2.75, 3.05) is 6.61 Å². The molecule has 0 amide bonds. The van der Waals surface area contributed by atoms with Crippen LogP contribution in [0.5, 0.6) is 5.75 Å². The van der Waals surface area contributed by atoms with Crippen LogP contribution in [0.4, 0.5) is 0 Å². The number of nitrogens with zero attached hydrogens (tertiary/aromatic N) is 2. The standard InChI is InChI=1S/C14H18N2O2/c1-3-18-14-7-5-4-6-12(14)13(17)10-11-8-9-16(2)15-11/h4-9,13,17H,3,10H2,1-2H3. The largest absolute Gasteiger partial charge is 0.493 e. The summed E-state index contributed by atoms with van der Waals surface area (Å²) in [6.07, 6.45) is 1.77. The van der Waals surface area contributed by atoms with Gasteiger partial charge >= 0.3 is 0 Å². The maximum Gasteiger partial charge on any atom is 0.125 e. The van der Waals surface area contributed by atoms with Gasteiger partial charge in [-0.05, 0) is 19.1 Å². The summed E-state index contributed by atoms with van der Waals surface area (Å²) < 4.78 is 7.25. The average Bonchev–Trinajstić information content (AvgIpc) is 2.76. The number of benzene rings is 1. The Morgan fingerprint density at radius 2 is 2.11 bits per heavy atom. The van der Waals surface area contributed by atoms with Crippen LogP contribution < -0.4 is 4.74 Å². The van der Waals surface area contributed by atoms with Crippen molar-refractivity contribution in [3.05, 3.63) is 47.8 Å². The lowest BCUT2D eigenvalue weighted by Crippen LogP contribution is -2.06. The van der Waals surface area contributed by atoms with Gasteiger partial charge in [0.1, 0.15) is 5.75 Å². The smallest absolute Gasteiger partial charge is 0.125 e. The molecule has 0 aliphatic heterocycles. The fraction of sp³-hybridized carbons (Fsp3) is 0.357. The summed E-state index contributed by atoms with van der Waals surface area (Å²) >= 11 is 0. The minimum absolute atomic E-state index is 0.491. The molecule has 1 N–H and O–H groups in total. The number of aromatic nitrogens is 2. The average molecular weight is 246 g/mol. The van der Waals surface area contributed by atoms with E-state index in [-0.39, 0.29) is 0 Å². The second-order valence-electron chi connectivity index (χ2n) is 4.17. The molecule has 1 atom stereocenters. The zero-order valence-electron chi connectivity index (χ0n) is 10.7. The van der Waals surface area contributed by atoms with Crippen LogP contribution in [0.25, 0.3) is 0 Å². The molecule has 1 heterocycles. The fourth-order valence-electron chi connectivity index (χ4n) is 1.92. The van der Waals surface area contributed by atoms with E-state index in [0.29, 0.717) is 13.0 Å². The predicted molar refractivity (Wildman–Crippen MR) is 69.5 cm³/mol. The SMILES string of the molecule is CCOc1ccccc1C(O)Cc1ccn(C)n1. The van der Waals surface area contributed by atoms with Crippen molar-refractivity contribution in [1.82, 2.24) is 9.78 Å². The number of aryl methyl sites for hydroxylation is 1. The number of hydrogen-bond donors (Lipinski definition) is 1. The van der Waals surface area contributed by atoms with Crippen molar-refractivity contribution in [3.63, 3.8) is 0 Å². The lowest BCUT2D eigenvalue weighted by atomic mass is 10.0. The molecular formula is C14H18N2O2. The predicted octanol–water partition coefficient (Wildman–Crippen LogP) is 2.09. The van der Waals surface area contributed by atoms with Crippen molar-refractivity contribution in [2.24, 2.45) is 7.05 Å². The van der Waals surface area contributed by atoms with Gasteiger partial charge in [0, 0.05) is 25.2 Å². The third-order valence-electron chi connectivity index (χ3n) is 2.75. The molecule has 2 aromatic rings. The van der Waals surface area contributed by atoms with Crippen molar-refractivity contribution in [3.8, 4) is 5.75 Å². The summed E-state index contributed by atoms with van der Waals surface area (Å²) in [5.74, 6) is 0.739. The van der Waals surface area contributed by atoms with Crippen LogP contribution in [-0.2, 0) is 13.5 Å². The van der Waals surface area contributed by atoms with Gasteiger partial charge in [-0.15, -0.1) is 0 Å². The molecule has 1 aromatic heterocycles. The minimum atomic E-state index is -0.595. The van der Waals surface area contributed by atoms with E-state index in [1.807, 2.05) is 50.5 Å². The number of ether oxygens (including phenoxy) is 1. The van der Waals surface area contributed by atoms with Crippen molar-refractivity contribution >= 4 is 0 Å². The van der Waals surface area contributed by atoms with E-state index in [0.717, 1.165) is 17.0 Å². The highest BCUT2D eigenvalue weighted by Gasteiger charge is 2.14. The third-order valence-corrected chi connectivity index (χ3v) is 2.75. The van der Waals surface area contributed by atoms with E-state index >= 15 is 0 Å². The molecule has 0 saturated carbocycles. The van der Waals surface area contributed by atoms with E-state index in [4.69, 9.17) is 4.74 Å². The van der Waals surface area contributed by atoms with Gasteiger partial charge in [-0.2, -0.15) is 5.10 Å². The second-order valence-corrected chi connectivity index (χ2v) is 4.17. The summed E-state index contributed by atoms with van der Waals surface area (Å²) in [5, 5.41) is 14.5. The van der Waals surface area contributed by atoms with E-state index in [9.17, 15) is 5.11 Å². The molecule has 0 bridgehead atoms. The van der Waals surface area contributed by atoms with Gasteiger partial charge in [-0.1, -0.05) is 18.2 Å². The van der Waals surface area contributed by atoms with Gasteiger partial charge in [0.15, 0.2) is 0 Å². The van der Waals surface area contributed by atoms with Gasteiger partial charge in [0.05, 0.1) is 18.4 Å². The van der Waals surface area contributed by atoms with E-state index in [2.05, 4.69) is 5.10 Å². The second kappa shape index (κ2) is 5.69. The Bertz CT molecular complexity index is 508. The zero-order chi connectivity index (χ0) is 13.0. The molecular weight excluding hydrogens is 228 g/mol. The van der Waals surface area contributed by atoms with Crippen LogP contribution in [0.2, 0.25) is 0 Å². The van der Waals surface area contributed by atoms with E-state index < -0.39 is 6.10 Å². The van der Waals surface area contributed by atoms with E-state index in [1.54, 1.807) is 4.68 Å². The topological polar surface area (TPSA) is 47.3 Å². The van der Waals surface area contributed by atoms with Gasteiger partial charge in [-0.25, -0.2) is 0 Å². The van der Waals surface area contributed by atoms with Crippen LogP contribution in [-0.4, -0.2) is 21.5 Å². The highest BCUT2D eigenvalue weighted by atomic mass is 16.5. The molecule has 1 aromatic carbocycles. The Morgan fingerprint density at radius 1 is 1.33 bits per heavy atom. The first-order chi connectivity index (χ1) is 8.70. The molecule has 0 fully saturated rings. The molecule has 18 heavy (non-hydrogen) atoms. The molecule has 0 aliphatic carbocycles. The highest BCUT2D eigenvalue weighted by Crippen LogP contribution is 2.27. The van der Waals surface area contributed by atoms with Gasteiger partial charge in [0.25, 0.3) is 0 Å². The number of para-hydroxylation sites is 1. The Balaban J connectivity index is 2.15. The minimum Gasteiger partial charge on any atom is -0.493 e. The first-order valence-electron chi connectivity index (χ1n) is 6.09. The first kappa shape index (κ1) is 12.6. The van der Waals surface area contributed by atoms with Gasteiger partial charge < -0.3 is 9.84 Å². The maximum absolute atomic E-state index is 10.3. The third kappa shape index (κ3) is 2.90. The van der Waals surface area contributed by atoms with Crippen molar-refractivity contribution < 1.29 is 9.84 Å². The quantitative estimate of drug-likeness (QED) is 0.878. The number of rotatable bonds is 5. The molecule has 0 radical (unpaired) electrons. The molecule has 1 unspecified atom stereocenters. The van der Waals surface area contributed by atoms with Crippen LogP contribution in [0, 0.1) is 0 Å². The van der Waals surface area contributed by atoms with Gasteiger partial charge in [-0.3, -0.25) is 4.68 Å². The fourth-order valence-corrected chi connectivity index (χ4v) is 1.92. The van der Waals surface area contributed by atoms with Crippen LogP contribution in [0.1, 0.15) is 24.3 Å². The molecule has 2 rings (SSSR count). The summed E-state index contributed by atoms with van der Waals surface area (Å²) in [4.78, 5) is 0. The summed E-state index contributed by atoms with van der Waals surface area (Å²) in [6.45, 7) is 2.52. The molecule has 4 nitrogen and oxygen atoms in total. The Kier molecular flexibility index (Phi) is 3.99. The number of aliphatic hydroxyl groups excluding tert-OH is 1. The Morgan fingerprint density at radius 3 is 2.78 bits per heavy atom. The molecule has 0 saturated heterocycles. The van der Waals surface area contributed by atoms with Crippen LogP contribution >= 0.6 is 0 Å². The molecule has 0 spiro atoms. The van der Waals surface area contributed by atoms with Crippen molar-refractivity contribution in [2.45, 2.75) is 19.4 Å². The van der Waals surface area contributed by atoms with Crippen LogP contribution in [0.3, 0.4) is 0 Å². The first-order valence-corrected chi connectivity index (χ1v) is 6.09. The highest BCUT2D eigenvalue weighted by molar-refractivity contribution is 5.35. The normalized spacial score (nSPS) is 12.4. The maximum atomic E-state index is 10.3. The van der Waals surface area contributed by atoms with Crippen molar-refractivity contribution in [1.29, 1.82) is 0 Å². The Hall–Kier alpha value is -1.81. The Labute approximate surface area is 107 Å². The summed E-state index contributed by atoms with van der Waals surface area (Å²) in [7, 11) is 1.87. The zero-order valence-corrected chi connectivity index (χ0v) is 10.7. The van der Waals surface area contributed by atoms with E-state index in [1.165, 1.54) is 0 Å². The summed E-state index contributed by atoms with van der Waals surface area (Å²) in [6, 6.07) is 9.48. The lowest BCUT2D eigenvalue weighted by Gasteiger charge is -2.14. The van der Waals surface area contributed by atoms with Gasteiger partial charge in [0.2, 0.25) is 0 Å². The summed E-state index contributed by atoms with van der Waals surface area (Å²) in [5.41, 5.74) is 1.68. The number of aliphatic hydroxyl groups is 1. The monoisotopic (exact) mass is 246 g/mol. The number of hydrogen-bond acceptors (Lipinski definition) is 3. The molecule has 4 heteroatoms.